The van der Waals surface area contributed by atoms with Crippen LogP contribution in [0.1, 0.15) is 12.6 Å². The molecule has 1 heterocycles. The molecule has 2 aromatic rings. The molecule has 1 N–H and O–H groups in total. The Morgan fingerprint density at radius 2 is 2.00 bits per heavy atom. The van der Waals surface area contributed by atoms with Gasteiger partial charge >= 0.3 is 0 Å². The summed E-state index contributed by atoms with van der Waals surface area (Å²) < 4.78 is 29.0. The number of nitrogens with zero attached hydrogens (tertiary/aromatic N) is 3. The Morgan fingerprint density at radius 3 is 2.50 bits per heavy atom. The fourth-order valence-corrected chi connectivity index (χ4v) is 1.82. The number of rotatable bonds is 4. The number of aryl methyl sites for hydroxylation is 2. The van der Waals surface area contributed by atoms with Gasteiger partial charge in [0.25, 0.3) is 5.69 Å². The first kappa shape index (κ1) is 13.9. The van der Waals surface area contributed by atoms with Crippen molar-refractivity contribution in [2.24, 2.45) is 7.05 Å². The highest BCUT2D eigenvalue weighted by Gasteiger charge is 2.18. The van der Waals surface area contributed by atoms with E-state index in [2.05, 4.69) is 10.4 Å². The summed E-state index contributed by atoms with van der Waals surface area (Å²) in [7, 11) is 1.69. The molecule has 8 heteroatoms. The molecule has 0 bridgehead atoms. The Balaban J connectivity index is 2.41. The predicted octanol–water partition coefficient (Wildman–Crippen LogP) is 2.91. The zero-order chi connectivity index (χ0) is 14.9. The molecule has 0 radical (unpaired) electrons. The van der Waals surface area contributed by atoms with Crippen LogP contribution in [0.3, 0.4) is 0 Å². The van der Waals surface area contributed by atoms with E-state index < -0.39 is 27.9 Å². The van der Waals surface area contributed by atoms with Gasteiger partial charge in [-0.1, -0.05) is 6.92 Å². The Kier molecular flexibility index (Phi) is 3.64. The van der Waals surface area contributed by atoms with Crippen LogP contribution in [-0.2, 0) is 13.5 Å². The number of aromatic nitrogens is 2. The highest BCUT2D eigenvalue weighted by atomic mass is 19.1. The van der Waals surface area contributed by atoms with Gasteiger partial charge in [-0.15, -0.1) is 0 Å². The summed E-state index contributed by atoms with van der Waals surface area (Å²) in [6.07, 6.45) is 2.17. The standard InChI is InChI=1S/C12H12F2N4O2/c1-3-10-11(6-17(2)16-10)15-12-8(13)4-7(18(19)20)5-9(12)14/h4-6,15H,3H2,1-2H3. The maximum atomic E-state index is 13.8. The summed E-state index contributed by atoms with van der Waals surface area (Å²) in [4.78, 5) is 9.67. The molecule has 0 saturated carbocycles. The predicted molar refractivity (Wildman–Crippen MR) is 68.9 cm³/mol. The zero-order valence-corrected chi connectivity index (χ0v) is 10.9. The van der Waals surface area contributed by atoms with Crippen LogP contribution >= 0.6 is 0 Å². The molecule has 0 spiro atoms. The number of nitro groups is 1. The highest BCUT2D eigenvalue weighted by Crippen LogP contribution is 2.28. The van der Waals surface area contributed by atoms with Gasteiger partial charge in [-0.2, -0.15) is 5.10 Å². The molecule has 0 amide bonds. The van der Waals surface area contributed by atoms with Crippen LogP contribution in [0.25, 0.3) is 0 Å². The minimum Gasteiger partial charge on any atom is -0.348 e. The van der Waals surface area contributed by atoms with E-state index in [1.165, 1.54) is 4.68 Å². The molecule has 0 aliphatic heterocycles. The first-order valence-corrected chi connectivity index (χ1v) is 5.85. The van der Waals surface area contributed by atoms with Crippen molar-refractivity contribution in [2.75, 3.05) is 5.32 Å². The monoisotopic (exact) mass is 282 g/mol. The summed E-state index contributed by atoms with van der Waals surface area (Å²) in [5.74, 6) is -2.05. The second-order valence-electron chi connectivity index (χ2n) is 4.18. The summed E-state index contributed by atoms with van der Waals surface area (Å²) >= 11 is 0. The van der Waals surface area contributed by atoms with Gasteiger partial charge in [-0.05, 0) is 6.42 Å². The number of benzene rings is 1. The third kappa shape index (κ3) is 2.58. The Labute approximate surface area is 113 Å². The molecule has 0 unspecified atom stereocenters. The second kappa shape index (κ2) is 5.24. The fourth-order valence-electron chi connectivity index (χ4n) is 1.82. The minimum atomic E-state index is -1.03. The van der Waals surface area contributed by atoms with Crippen molar-refractivity contribution < 1.29 is 13.7 Å². The van der Waals surface area contributed by atoms with Crippen molar-refractivity contribution in [3.05, 3.63) is 45.8 Å². The second-order valence-corrected chi connectivity index (χ2v) is 4.18. The quantitative estimate of drug-likeness (QED) is 0.691. The average Bonchev–Trinajstić information content (AvgIpc) is 2.73. The van der Waals surface area contributed by atoms with E-state index in [0.717, 1.165) is 0 Å². The highest BCUT2D eigenvalue weighted by molar-refractivity contribution is 5.63. The number of nitro benzene ring substituents is 1. The lowest BCUT2D eigenvalue weighted by Gasteiger charge is -2.08. The summed E-state index contributed by atoms with van der Waals surface area (Å²) in [6, 6.07) is 1.35. The van der Waals surface area contributed by atoms with Gasteiger partial charge in [0.15, 0.2) is 11.6 Å². The molecule has 20 heavy (non-hydrogen) atoms. The maximum Gasteiger partial charge on any atom is 0.275 e. The van der Waals surface area contributed by atoms with Crippen molar-refractivity contribution >= 4 is 17.1 Å². The molecule has 0 fully saturated rings. The molecular weight excluding hydrogens is 270 g/mol. The van der Waals surface area contributed by atoms with Crippen LogP contribution < -0.4 is 5.32 Å². The molecule has 0 aliphatic carbocycles. The van der Waals surface area contributed by atoms with Gasteiger partial charge in [0.1, 0.15) is 5.69 Å². The molecule has 6 nitrogen and oxygen atoms in total. The largest absolute Gasteiger partial charge is 0.348 e. The third-order valence-corrected chi connectivity index (χ3v) is 2.74. The van der Waals surface area contributed by atoms with Gasteiger partial charge < -0.3 is 5.32 Å². The number of halogens is 2. The number of hydrogen-bond donors (Lipinski definition) is 1. The molecule has 0 atom stereocenters. The average molecular weight is 282 g/mol. The molecule has 2 rings (SSSR count). The summed E-state index contributed by atoms with van der Waals surface area (Å²) in [5, 5.41) is 17.2. The molecule has 106 valence electrons. The van der Waals surface area contributed by atoms with Crippen LogP contribution in [0.2, 0.25) is 0 Å². The molecule has 0 aliphatic rings. The van der Waals surface area contributed by atoms with Gasteiger partial charge in [-0.25, -0.2) is 8.78 Å². The number of anilines is 2. The maximum absolute atomic E-state index is 13.8. The first-order valence-electron chi connectivity index (χ1n) is 5.85. The lowest BCUT2D eigenvalue weighted by Crippen LogP contribution is -2.01. The first-order chi connectivity index (χ1) is 9.42. The molecule has 0 saturated heterocycles. The van der Waals surface area contributed by atoms with E-state index in [0.29, 0.717) is 29.9 Å². The summed E-state index contributed by atoms with van der Waals surface area (Å²) in [5.41, 5.74) is 0.0389. The van der Waals surface area contributed by atoms with Crippen molar-refractivity contribution in [2.45, 2.75) is 13.3 Å². The number of nitrogens with one attached hydrogen (secondary N) is 1. The number of non-ortho nitro benzene ring substituents is 1. The Hall–Kier alpha value is -2.51. The molecule has 1 aromatic carbocycles. The van der Waals surface area contributed by atoms with E-state index in [9.17, 15) is 18.9 Å². The van der Waals surface area contributed by atoms with Gasteiger partial charge in [-0.3, -0.25) is 14.8 Å². The van der Waals surface area contributed by atoms with E-state index in [4.69, 9.17) is 0 Å². The summed E-state index contributed by atoms with van der Waals surface area (Å²) in [6.45, 7) is 1.86. The van der Waals surface area contributed by atoms with E-state index in [1.807, 2.05) is 6.92 Å². The van der Waals surface area contributed by atoms with E-state index in [1.54, 1.807) is 13.2 Å². The van der Waals surface area contributed by atoms with Crippen LogP contribution in [0.5, 0.6) is 0 Å². The zero-order valence-electron chi connectivity index (χ0n) is 10.9. The van der Waals surface area contributed by atoms with Crippen molar-refractivity contribution in [1.82, 2.24) is 9.78 Å². The van der Waals surface area contributed by atoms with Gasteiger partial charge in [0.2, 0.25) is 0 Å². The number of hydrogen-bond acceptors (Lipinski definition) is 4. The van der Waals surface area contributed by atoms with Crippen LogP contribution in [0.4, 0.5) is 25.8 Å². The smallest absolute Gasteiger partial charge is 0.275 e. The van der Waals surface area contributed by atoms with Crippen LogP contribution in [-0.4, -0.2) is 14.7 Å². The van der Waals surface area contributed by atoms with Crippen molar-refractivity contribution in [1.29, 1.82) is 0 Å². The molecule has 1 aromatic heterocycles. The lowest BCUT2D eigenvalue weighted by molar-refractivity contribution is -0.385. The van der Waals surface area contributed by atoms with Crippen LogP contribution in [0, 0.1) is 21.7 Å². The Bertz CT molecular complexity index is 646. The minimum absolute atomic E-state index is 0.432. The normalized spacial score (nSPS) is 10.6. The lowest BCUT2D eigenvalue weighted by atomic mass is 10.2. The third-order valence-electron chi connectivity index (χ3n) is 2.74. The Morgan fingerprint density at radius 1 is 1.40 bits per heavy atom. The molecular formula is C12H12F2N4O2. The fraction of sp³-hybridized carbons (Fsp3) is 0.250. The van der Waals surface area contributed by atoms with Crippen molar-refractivity contribution in [3.8, 4) is 0 Å². The van der Waals surface area contributed by atoms with Gasteiger partial charge in [0.05, 0.1) is 28.4 Å². The van der Waals surface area contributed by atoms with Crippen LogP contribution in [0.15, 0.2) is 18.3 Å². The SMILES string of the molecule is CCc1nn(C)cc1Nc1c(F)cc([N+](=O)[O-])cc1F. The van der Waals surface area contributed by atoms with Gasteiger partial charge in [0, 0.05) is 13.2 Å². The van der Waals surface area contributed by atoms with Crippen molar-refractivity contribution in [3.63, 3.8) is 0 Å². The topological polar surface area (TPSA) is 73.0 Å². The van der Waals surface area contributed by atoms with E-state index in [-0.39, 0.29) is 0 Å². The van der Waals surface area contributed by atoms with E-state index >= 15 is 0 Å².